The van der Waals surface area contributed by atoms with Crippen LogP contribution in [-0.4, -0.2) is 37.6 Å². The van der Waals surface area contributed by atoms with E-state index in [0.717, 1.165) is 24.0 Å². The van der Waals surface area contributed by atoms with Crippen LogP contribution >= 0.6 is 22.9 Å². The van der Waals surface area contributed by atoms with Crippen molar-refractivity contribution in [1.29, 1.82) is 0 Å². The Morgan fingerprint density at radius 1 is 1.47 bits per heavy atom. The number of hydrogen-bond donors (Lipinski definition) is 1. The fraction of sp³-hybridized carbons (Fsp3) is 0.636. The number of hydrogen-bond acceptors (Lipinski definition) is 3. The second-order valence-electron chi connectivity index (χ2n) is 4.09. The number of thiophene rings is 1. The van der Waals surface area contributed by atoms with Gasteiger partial charge in [-0.25, -0.2) is 0 Å². The van der Waals surface area contributed by atoms with Gasteiger partial charge in [0.25, 0.3) is 0 Å². The Kier molecular flexibility index (Phi) is 4.03. The van der Waals surface area contributed by atoms with Gasteiger partial charge in [0.05, 0.1) is 4.34 Å². The van der Waals surface area contributed by atoms with E-state index in [4.69, 9.17) is 11.6 Å². The zero-order chi connectivity index (χ0) is 10.7. The molecule has 0 bridgehead atoms. The maximum atomic E-state index is 5.94. The Morgan fingerprint density at radius 3 is 2.80 bits per heavy atom. The van der Waals surface area contributed by atoms with Crippen molar-refractivity contribution in [1.82, 2.24) is 10.2 Å². The van der Waals surface area contributed by atoms with E-state index in [1.807, 2.05) is 6.07 Å². The summed E-state index contributed by atoms with van der Waals surface area (Å²) in [5.41, 5.74) is 0. The number of nitrogens with zero attached hydrogens (tertiary/aromatic N) is 1. The van der Waals surface area contributed by atoms with Crippen LogP contribution in [0.5, 0.6) is 0 Å². The first-order valence-corrected chi connectivity index (χ1v) is 6.63. The predicted molar refractivity (Wildman–Crippen MR) is 67.1 cm³/mol. The Hall–Kier alpha value is -0.0900. The van der Waals surface area contributed by atoms with Crippen LogP contribution in [0.4, 0.5) is 0 Å². The van der Waals surface area contributed by atoms with Gasteiger partial charge < -0.3 is 10.2 Å². The molecule has 2 heterocycles. The summed E-state index contributed by atoms with van der Waals surface area (Å²) in [5, 5.41) is 3.37. The van der Waals surface area contributed by atoms with Gasteiger partial charge in [-0.3, -0.25) is 0 Å². The van der Waals surface area contributed by atoms with E-state index in [1.165, 1.54) is 18.0 Å². The van der Waals surface area contributed by atoms with Crippen LogP contribution < -0.4 is 5.32 Å². The van der Waals surface area contributed by atoms with Crippen molar-refractivity contribution in [3.63, 3.8) is 0 Å². The van der Waals surface area contributed by atoms with Gasteiger partial charge in [0.1, 0.15) is 0 Å². The molecule has 0 radical (unpaired) electrons. The molecule has 1 N–H and O–H groups in total. The van der Waals surface area contributed by atoms with Crippen molar-refractivity contribution in [3.8, 4) is 0 Å². The van der Waals surface area contributed by atoms with E-state index in [2.05, 4.69) is 23.2 Å². The molecule has 1 aromatic rings. The molecule has 84 valence electrons. The maximum Gasteiger partial charge on any atom is 0.0931 e. The third kappa shape index (κ3) is 3.18. The number of halogens is 1. The SMILES string of the molecule is CC(CN1CCNCC1)c1ccc(Cl)s1. The molecule has 1 saturated heterocycles. The first kappa shape index (κ1) is 11.4. The molecule has 1 fully saturated rings. The molecular formula is C11H17ClN2S. The molecule has 15 heavy (non-hydrogen) atoms. The average Bonchev–Trinajstić information content (AvgIpc) is 2.66. The zero-order valence-corrected chi connectivity index (χ0v) is 10.6. The van der Waals surface area contributed by atoms with E-state index in [-0.39, 0.29) is 0 Å². The highest BCUT2D eigenvalue weighted by Gasteiger charge is 2.15. The second kappa shape index (κ2) is 5.30. The molecule has 0 aliphatic carbocycles. The molecule has 1 aliphatic heterocycles. The summed E-state index contributed by atoms with van der Waals surface area (Å²) in [6, 6.07) is 4.15. The number of piperazine rings is 1. The monoisotopic (exact) mass is 244 g/mol. The summed E-state index contributed by atoms with van der Waals surface area (Å²) in [6.07, 6.45) is 0. The van der Waals surface area contributed by atoms with Crippen molar-refractivity contribution in [3.05, 3.63) is 21.3 Å². The van der Waals surface area contributed by atoms with Crippen molar-refractivity contribution in [2.75, 3.05) is 32.7 Å². The Labute approximate surface area is 100 Å². The van der Waals surface area contributed by atoms with E-state index in [1.54, 1.807) is 11.3 Å². The Bertz CT molecular complexity index is 307. The molecule has 1 unspecified atom stereocenters. The van der Waals surface area contributed by atoms with Crippen molar-refractivity contribution >= 4 is 22.9 Å². The minimum Gasteiger partial charge on any atom is -0.314 e. The van der Waals surface area contributed by atoms with Crippen molar-refractivity contribution in [2.24, 2.45) is 0 Å². The van der Waals surface area contributed by atoms with Gasteiger partial charge in [0.15, 0.2) is 0 Å². The smallest absolute Gasteiger partial charge is 0.0931 e. The second-order valence-corrected chi connectivity index (χ2v) is 5.84. The summed E-state index contributed by atoms with van der Waals surface area (Å²) in [4.78, 5) is 3.92. The summed E-state index contributed by atoms with van der Waals surface area (Å²) < 4.78 is 0.900. The minimum atomic E-state index is 0.598. The fourth-order valence-corrected chi connectivity index (χ4v) is 3.07. The first-order chi connectivity index (χ1) is 7.25. The highest BCUT2D eigenvalue weighted by molar-refractivity contribution is 7.16. The molecule has 4 heteroatoms. The van der Waals surface area contributed by atoms with E-state index in [0.29, 0.717) is 5.92 Å². The van der Waals surface area contributed by atoms with Crippen molar-refractivity contribution < 1.29 is 0 Å². The maximum absolute atomic E-state index is 5.94. The van der Waals surface area contributed by atoms with Crippen molar-refractivity contribution in [2.45, 2.75) is 12.8 Å². The summed E-state index contributed by atoms with van der Waals surface area (Å²) in [5.74, 6) is 0.598. The molecule has 0 saturated carbocycles. The highest BCUT2D eigenvalue weighted by atomic mass is 35.5. The van der Waals surface area contributed by atoms with Gasteiger partial charge in [-0.1, -0.05) is 18.5 Å². The van der Waals surface area contributed by atoms with Gasteiger partial charge in [-0.05, 0) is 12.1 Å². The fourth-order valence-electron chi connectivity index (χ4n) is 1.96. The van der Waals surface area contributed by atoms with E-state index < -0.39 is 0 Å². The van der Waals surface area contributed by atoms with Crippen LogP contribution in [0.1, 0.15) is 17.7 Å². The number of nitrogens with one attached hydrogen (secondary N) is 1. The van der Waals surface area contributed by atoms with Gasteiger partial charge in [-0.2, -0.15) is 0 Å². The topological polar surface area (TPSA) is 15.3 Å². The minimum absolute atomic E-state index is 0.598. The molecule has 1 atom stereocenters. The summed E-state index contributed by atoms with van der Waals surface area (Å²) in [7, 11) is 0. The summed E-state index contributed by atoms with van der Waals surface area (Å²) >= 11 is 7.65. The first-order valence-electron chi connectivity index (χ1n) is 5.44. The third-order valence-electron chi connectivity index (χ3n) is 2.82. The van der Waals surface area contributed by atoms with Gasteiger partial charge in [0.2, 0.25) is 0 Å². The summed E-state index contributed by atoms with van der Waals surface area (Å²) in [6.45, 7) is 8.02. The Balaban J connectivity index is 1.88. The van der Waals surface area contributed by atoms with Crippen LogP contribution in [0.25, 0.3) is 0 Å². The molecule has 2 nitrogen and oxygen atoms in total. The van der Waals surface area contributed by atoms with Crippen LogP contribution in [-0.2, 0) is 0 Å². The standard InChI is InChI=1S/C11H17ClN2S/c1-9(10-2-3-11(12)15-10)8-14-6-4-13-5-7-14/h2-3,9,13H,4-8H2,1H3. The predicted octanol–water partition coefficient (Wildman–Crippen LogP) is 2.41. The number of rotatable bonds is 3. The van der Waals surface area contributed by atoms with Gasteiger partial charge in [-0.15, -0.1) is 11.3 Å². The molecule has 0 spiro atoms. The highest BCUT2D eigenvalue weighted by Crippen LogP contribution is 2.28. The molecule has 1 aliphatic rings. The Morgan fingerprint density at radius 2 is 2.20 bits per heavy atom. The zero-order valence-electron chi connectivity index (χ0n) is 9.00. The normalized spacial score (nSPS) is 20.4. The average molecular weight is 245 g/mol. The van der Waals surface area contributed by atoms with E-state index in [9.17, 15) is 0 Å². The molecule has 0 aromatic carbocycles. The van der Waals surface area contributed by atoms with Crippen LogP contribution in [0.2, 0.25) is 4.34 Å². The molecule has 1 aromatic heterocycles. The van der Waals surface area contributed by atoms with Crippen LogP contribution in [0.15, 0.2) is 12.1 Å². The van der Waals surface area contributed by atoms with Crippen LogP contribution in [0.3, 0.4) is 0 Å². The molecular weight excluding hydrogens is 228 g/mol. The van der Waals surface area contributed by atoms with Gasteiger partial charge >= 0.3 is 0 Å². The lowest BCUT2D eigenvalue weighted by atomic mass is 10.1. The van der Waals surface area contributed by atoms with Crippen LogP contribution in [0, 0.1) is 0 Å². The quantitative estimate of drug-likeness (QED) is 0.879. The van der Waals surface area contributed by atoms with E-state index >= 15 is 0 Å². The third-order valence-corrected chi connectivity index (χ3v) is 4.28. The largest absolute Gasteiger partial charge is 0.314 e. The lowest BCUT2D eigenvalue weighted by molar-refractivity contribution is 0.231. The van der Waals surface area contributed by atoms with Gasteiger partial charge in [0, 0.05) is 43.5 Å². The molecule has 2 rings (SSSR count). The lowest BCUT2D eigenvalue weighted by Gasteiger charge is -2.29. The lowest BCUT2D eigenvalue weighted by Crippen LogP contribution is -2.44. The molecule has 0 amide bonds.